The van der Waals surface area contributed by atoms with Gasteiger partial charge in [-0.25, -0.2) is 4.79 Å². The quantitative estimate of drug-likeness (QED) is 0.486. The molecule has 1 unspecified atom stereocenters. The van der Waals surface area contributed by atoms with Gasteiger partial charge in [0, 0.05) is 6.61 Å². The molecule has 0 aliphatic rings. The molecule has 0 aromatic carbocycles. The molecule has 16 heavy (non-hydrogen) atoms. The van der Waals surface area contributed by atoms with Crippen LogP contribution in [-0.4, -0.2) is 31.8 Å². The van der Waals surface area contributed by atoms with Gasteiger partial charge in [0.25, 0.3) is 0 Å². The second-order valence-electron chi connectivity index (χ2n) is 4.38. The lowest BCUT2D eigenvalue weighted by Gasteiger charge is -2.21. The number of methoxy groups -OCH3 is 1. The minimum Gasteiger partial charge on any atom is -0.468 e. The molecule has 0 fully saturated rings. The predicted molar refractivity (Wildman–Crippen MR) is 64.2 cm³/mol. The predicted octanol–water partition coefficient (Wildman–Crippen LogP) is 1.86. The Bertz CT molecular complexity index is 193. The van der Waals surface area contributed by atoms with E-state index in [2.05, 4.69) is 11.7 Å². The molecular formula is C12H25NO3. The maximum absolute atomic E-state index is 11.2. The number of esters is 1. The van der Waals surface area contributed by atoms with Crippen LogP contribution in [0, 0.1) is 0 Å². The molecule has 0 aromatic heterocycles. The summed E-state index contributed by atoms with van der Waals surface area (Å²) in [5.74, 6) is -0.432. The van der Waals surface area contributed by atoms with E-state index in [9.17, 15) is 4.79 Å². The van der Waals surface area contributed by atoms with Gasteiger partial charge in [-0.3, -0.25) is 0 Å². The Morgan fingerprint density at radius 3 is 2.44 bits per heavy atom. The fourth-order valence-electron chi connectivity index (χ4n) is 1.38. The highest BCUT2D eigenvalue weighted by molar-refractivity contribution is 5.80. The van der Waals surface area contributed by atoms with Crippen molar-refractivity contribution in [1.82, 2.24) is 0 Å². The van der Waals surface area contributed by atoms with E-state index in [1.807, 2.05) is 0 Å². The van der Waals surface area contributed by atoms with Gasteiger partial charge >= 0.3 is 5.97 Å². The molecule has 4 nitrogen and oxygen atoms in total. The molecule has 0 aliphatic heterocycles. The largest absolute Gasteiger partial charge is 0.468 e. The number of carbonyl (C=O) groups excluding carboxylic acids is 1. The summed E-state index contributed by atoms with van der Waals surface area (Å²) in [6.07, 6.45) is 5.96. The van der Waals surface area contributed by atoms with E-state index in [-0.39, 0.29) is 6.61 Å². The Balaban J connectivity index is 3.47. The van der Waals surface area contributed by atoms with Crippen molar-refractivity contribution in [3.63, 3.8) is 0 Å². The van der Waals surface area contributed by atoms with Crippen molar-refractivity contribution in [3.05, 3.63) is 0 Å². The van der Waals surface area contributed by atoms with Crippen LogP contribution in [0.4, 0.5) is 0 Å². The van der Waals surface area contributed by atoms with E-state index in [1.54, 1.807) is 6.92 Å². The standard InChI is InChI=1S/C12H25NO3/c1-4-5-6-7-8-9-16-10-12(2,13)11(14)15-3/h4-10,13H2,1-3H3. The van der Waals surface area contributed by atoms with Crippen LogP contribution in [0.3, 0.4) is 0 Å². The number of carbonyl (C=O) groups is 1. The fraction of sp³-hybridized carbons (Fsp3) is 0.917. The smallest absolute Gasteiger partial charge is 0.327 e. The first-order valence-corrected chi connectivity index (χ1v) is 5.99. The second-order valence-corrected chi connectivity index (χ2v) is 4.38. The molecule has 0 spiro atoms. The highest BCUT2D eigenvalue weighted by atomic mass is 16.5. The topological polar surface area (TPSA) is 61.5 Å². The third-order valence-electron chi connectivity index (χ3n) is 2.45. The van der Waals surface area contributed by atoms with Gasteiger partial charge in [0.2, 0.25) is 0 Å². The lowest BCUT2D eigenvalue weighted by Crippen LogP contribution is -2.49. The van der Waals surface area contributed by atoms with Crippen LogP contribution in [0.5, 0.6) is 0 Å². The van der Waals surface area contributed by atoms with Crippen LogP contribution in [0.1, 0.15) is 46.0 Å². The normalized spacial score (nSPS) is 14.5. The first-order chi connectivity index (χ1) is 7.54. The Kier molecular flexibility index (Phi) is 8.21. The van der Waals surface area contributed by atoms with Crippen molar-refractivity contribution in [1.29, 1.82) is 0 Å². The zero-order valence-electron chi connectivity index (χ0n) is 10.8. The van der Waals surface area contributed by atoms with Gasteiger partial charge in [-0.2, -0.15) is 0 Å². The summed E-state index contributed by atoms with van der Waals surface area (Å²) in [7, 11) is 1.33. The molecule has 0 saturated heterocycles. The van der Waals surface area contributed by atoms with Crippen LogP contribution in [0.2, 0.25) is 0 Å². The number of nitrogens with two attached hydrogens (primary N) is 1. The average molecular weight is 231 g/mol. The summed E-state index contributed by atoms with van der Waals surface area (Å²) in [4.78, 5) is 11.2. The van der Waals surface area contributed by atoms with Crippen molar-refractivity contribution >= 4 is 5.97 Å². The third kappa shape index (κ3) is 6.80. The second kappa shape index (κ2) is 8.53. The van der Waals surface area contributed by atoms with Gasteiger partial charge in [-0.1, -0.05) is 32.6 Å². The third-order valence-corrected chi connectivity index (χ3v) is 2.45. The highest BCUT2D eigenvalue weighted by Crippen LogP contribution is 2.05. The van der Waals surface area contributed by atoms with Gasteiger partial charge < -0.3 is 15.2 Å². The first kappa shape index (κ1) is 15.4. The van der Waals surface area contributed by atoms with E-state index in [0.717, 1.165) is 6.42 Å². The molecule has 1 atom stereocenters. The van der Waals surface area contributed by atoms with Gasteiger partial charge in [-0.15, -0.1) is 0 Å². The minimum atomic E-state index is -1.03. The Labute approximate surface area is 98.5 Å². The molecule has 0 heterocycles. The van der Waals surface area contributed by atoms with E-state index >= 15 is 0 Å². The van der Waals surface area contributed by atoms with Crippen molar-refractivity contribution in [2.75, 3.05) is 20.3 Å². The van der Waals surface area contributed by atoms with Gasteiger partial charge in [0.15, 0.2) is 0 Å². The molecular weight excluding hydrogens is 206 g/mol. The summed E-state index contributed by atoms with van der Waals surface area (Å²) in [6, 6.07) is 0. The molecule has 0 saturated carbocycles. The van der Waals surface area contributed by atoms with Crippen LogP contribution in [0.25, 0.3) is 0 Å². The summed E-state index contributed by atoms with van der Waals surface area (Å²) in [5, 5.41) is 0. The van der Waals surface area contributed by atoms with Crippen LogP contribution in [0.15, 0.2) is 0 Å². The molecule has 0 aromatic rings. The van der Waals surface area contributed by atoms with Crippen molar-refractivity contribution < 1.29 is 14.3 Å². The molecule has 4 heteroatoms. The van der Waals surface area contributed by atoms with Crippen LogP contribution >= 0.6 is 0 Å². The zero-order chi connectivity index (χ0) is 12.4. The number of hydrogen-bond donors (Lipinski definition) is 1. The highest BCUT2D eigenvalue weighted by Gasteiger charge is 2.29. The van der Waals surface area contributed by atoms with Gasteiger partial charge in [0.1, 0.15) is 5.54 Å². The molecule has 0 rings (SSSR count). The first-order valence-electron chi connectivity index (χ1n) is 5.99. The number of unbranched alkanes of at least 4 members (excludes halogenated alkanes) is 4. The van der Waals surface area contributed by atoms with Gasteiger partial charge in [-0.05, 0) is 13.3 Å². The Morgan fingerprint density at radius 1 is 1.25 bits per heavy atom. The van der Waals surface area contributed by atoms with Crippen molar-refractivity contribution in [2.45, 2.75) is 51.5 Å². The Morgan fingerprint density at radius 2 is 1.88 bits per heavy atom. The molecule has 0 bridgehead atoms. The number of ether oxygens (including phenoxy) is 2. The maximum atomic E-state index is 11.2. The van der Waals surface area contributed by atoms with Crippen LogP contribution < -0.4 is 5.73 Å². The van der Waals surface area contributed by atoms with E-state index in [1.165, 1.54) is 32.8 Å². The van der Waals surface area contributed by atoms with Gasteiger partial charge in [0.05, 0.1) is 13.7 Å². The van der Waals surface area contributed by atoms with E-state index in [0.29, 0.717) is 6.61 Å². The molecule has 0 aliphatic carbocycles. The number of hydrogen-bond acceptors (Lipinski definition) is 4. The summed E-state index contributed by atoms with van der Waals surface area (Å²) in [6.45, 7) is 4.68. The summed E-state index contributed by atoms with van der Waals surface area (Å²) in [5.41, 5.74) is 4.70. The molecule has 0 amide bonds. The summed E-state index contributed by atoms with van der Waals surface area (Å²) >= 11 is 0. The van der Waals surface area contributed by atoms with E-state index < -0.39 is 11.5 Å². The maximum Gasteiger partial charge on any atom is 0.327 e. The lowest BCUT2D eigenvalue weighted by molar-refractivity contribution is -0.148. The average Bonchev–Trinajstić information content (AvgIpc) is 2.26. The lowest BCUT2D eigenvalue weighted by atomic mass is 10.1. The number of rotatable bonds is 9. The van der Waals surface area contributed by atoms with E-state index in [4.69, 9.17) is 10.5 Å². The van der Waals surface area contributed by atoms with Crippen molar-refractivity contribution in [2.24, 2.45) is 5.73 Å². The van der Waals surface area contributed by atoms with Crippen molar-refractivity contribution in [3.8, 4) is 0 Å². The minimum absolute atomic E-state index is 0.216. The fourth-order valence-corrected chi connectivity index (χ4v) is 1.38. The molecule has 96 valence electrons. The SMILES string of the molecule is CCCCCCCOCC(C)(N)C(=O)OC. The summed E-state index contributed by atoms with van der Waals surface area (Å²) < 4.78 is 9.96. The molecule has 0 radical (unpaired) electrons. The zero-order valence-corrected chi connectivity index (χ0v) is 10.8. The Hall–Kier alpha value is -0.610. The molecule has 2 N–H and O–H groups in total. The van der Waals surface area contributed by atoms with Crippen LogP contribution in [-0.2, 0) is 14.3 Å². The monoisotopic (exact) mass is 231 g/mol.